The van der Waals surface area contributed by atoms with Crippen LogP contribution in [0.15, 0.2) is 12.1 Å². The normalized spacial score (nSPS) is 12.4. The Bertz CT molecular complexity index is 701. The van der Waals surface area contributed by atoms with E-state index < -0.39 is 0 Å². The summed E-state index contributed by atoms with van der Waals surface area (Å²) >= 11 is 3.70. The maximum atomic E-state index is 10.9. The van der Waals surface area contributed by atoms with E-state index >= 15 is 0 Å². The number of aldehydes is 2. The van der Waals surface area contributed by atoms with E-state index in [0.717, 1.165) is 25.4 Å². The third-order valence-electron chi connectivity index (χ3n) is 4.37. The number of rotatable bonds is 7. The van der Waals surface area contributed by atoms with E-state index in [-0.39, 0.29) is 10.8 Å². The van der Waals surface area contributed by atoms with Gasteiger partial charge in [0.25, 0.3) is 0 Å². The molecule has 0 aliphatic rings. The maximum Gasteiger partial charge on any atom is 0.120 e. The van der Waals surface area contributed by atoms with Crippen molar-refractivity contribution in [1.29, 1.82) is 0 Å². The monoisotopic (exact) mass is 390 g/mol. The van der Waals surface area contributed by atoms with Crippen LogP contribution in [-0.4, -0.2) is 12.6 Å². The average molecular weight is 391 g/mol. The van der Waals surface area contributed by atoms with E-state index in [2.05, 4.69) is 53.7 Å². The first kappa shape index (κ1) is 21.0. The molecule has 2 rings (SSSR count). The molecule has 0 spiro atoms. The van der Waals surface area contributed by atoms with E-state index in [4.69, 9.17) is 0 Å². The summed E-state index contributed by atoms with van der Waals surface area (Å²) in [7, 11) is 0. The van der Waals surface area contributed by atoms with Crippen LogP contribution in [0.3, 0.4) is 0 Å². The van der Waals surface area contributed by atoms with Crippen LogP contribution >= 0.6 is 22.7 Å². The van der Waals surface area contributed by atoms with Gasteiger partial charge in [-0.1, -0.05) is 41.5 Å². The van der Waals surface area contributed by atoms with Crippen molar-refractivity contribution < 1.29 is 9.59 Å². The molecule has 0 atom stereocenters. The number of carbonyl (C=O) groups excluding carboxylic acids is 2. The van der Waals surface area contributed by atoms with Crippen LogP contribution in [0, 0.1) is 0 Å². The van der Waals surface area contributed by atoms with Crippen molar-refractivity contribution in [3.8, 4) is 9.75 Å². The summed E-state index contributed by atoms with van der Waals surface area (Å²) in [6, 6.07) is 4.56. The van der Waals surface area contributed by atoms with E-state index in [9.17, 15) is 9.59 Å². The molecular weight excluding hydrogens is 360 g/mol. The average Bonchev–Trinajstić information content (AvgIpc) is 3.13. The maximum absolute atomic E-state index is 10.9. The Morgan fingerprint density at radius 3 is 1.35 bits per heavy atom. The third-order valence-corrected chi connectivity index (χ3v) is 7.74. The fraction of sp³-hybridized carbons (Fsp3) is 0.545. The van der Waals surface area contributed by atoms with Crippen LogP contribution in [-0.2, 0) is 33.3 Å². The standard InChI is InChI=1S/C22H30O2S2/c1-21(2,3)17-13-15(9-7-11-23)19(25-17)20-16(10-8-12-24)14-18(26-20)22(4,5)6/h11-14H,7-10H2,1-6H3. The van der Waals surface area contributed by atoms with Gasteiger partial charge >= 0.3 is 0 Å². The second-order valence-electron chi connectivity index (χ2n) is 8.84. The molecule has 2 aromatic rings. The lowest BCUT2D eigenvalue weighted by Gasteiger charge is -2.15. The van der Waals surface area contributed by atoms with Crippen molar-refractivity contribution in [1.82, 2.24) is 0 Å². The molecule has 0 unspecified atom stereocenters. The molecule has 0 saturated carbocycles. The third kappa shape index (κ3) is 4.92. The molecule has 0 aliphatic carbocycles. The Kier molecular flexibility index (Phi) is 6.62. The minimum atomic E-state index is 0.0892. The van der Waals surface area contributed by atoms with Gasteiger partial charge in [-0.2, -0.15) is 0 Å². The van der Waals surface area contributed by atoms with Crippen LogP contribution in [0.5, 0.6) is 0 Å². The highest BCUT2D eigenvalue weighted by Crippen LogP contribution is 2.45. The summed E-state index contributed by atoms with van der Waals surface area (Å²) in [6.07, 6.45) is 4.66. The van der Waals surface area contributed by atoms with E-state index in [1.807, 2.05) is 22.7 Å². The predicted octanol–water partition coefficient (Wildman–Crippen LogP) is 6.33. The minimum absolute atomic E-state index is 0.0892. The van der Waals surface area contributed by atoms with E-state index in [0.29, 0.717) is 12.8 Å². The molecule has 0 aliphatic heterocycles. The largest absolute Gasteiger partial charge is 0.303 e. The number of carbonyl (C=O) groups is 2. The Balaban J connectivity index is 2.60. The zero-order chi connectivity index (χ0) is 19.5. The predicted molar refractivity (Wildman–Crippen MR) is 114 cm³/mol. The molecule has 0 bridgehead atoms. The highest BCUT2D eigenvalue weighted by molar-refractivity contribution is 7.22. The molecule has 142 valence electrons. The Morgan fingerprint density at radius 2 is 1.08 bits per heavy atom. The summed E-state index contributed by atoms with van der Waals surface area (Å²) in [5.41, 5.74) is 2.71. The molecule has 2 heterocycles. The number of aryl methyl sites for hydroxylation is 2. The molecule has 2 aromatic heterocycles. The summed E-state index contributed by atoms with van der Waals surface area (Å²) in [5, 5.41) is 0. The molecular formula is C22H30O2S2. The SMILES string of the molecule is CC(C)(C)c1cc(CCC=O)c(-c2sc(C(C)(C)C)cc2CCC=O)s1. The van der Waals surface area contributed by atoms with Gasteiger partial charge in [-0.05, 0) is 46.9 Å². The zero-order valence-corrected chi connectivity index (χ0v) is 18.4. The van der Waals surface area contributed by atoms with Crippen molar-refractivity contribution in [3.63, 3.8) is 0 Å². The molecule has 0 saturated heterocycles. The fourth-order valence-electron chi connectivity index (χ4n) is 2.78. The van der Waals surface area contributed by atoms with Gasteiger partial charge in [0.15, 0.2) is 0 Å². The van der Waals surface area contributed by atoms with Gasteiger partial charge in [-0.15, -0.1) is 22.7 Å². The minimum Gasteiger partial charge on any atom is -0.303 e. The molecule has 0 amide bonds. The first-order chi connectivity index (χ1) is 12.1. The van der Waals surface area contributed by atoms with Crippen molar-refractivity contribution in [3.05, 3.63) is 33.0 Å². The van der Waals surface area contributed by atoms with Crippen molar-refractivity contribution >= 4 is 35.2 Å². The summed E-state index contributed by atoms with van der Waals surface area (Å²) < 4.78 is 0. The summed E-state index contributed by atoms with van der Waals surface area (Å²) in [6.45, 7) is 13.4. The van der Waals surface area contributed by atoms with Crippen molar-refractivity contribution in [2.24, 2.45) is 0 Å². The molecule has 0 aromatic carbocycles. The fourth-order valence-corrected chi connectivity index (χ4v) is 5.52. The van der Waals surface area contributed by atoms with Gasteiger partial charge in [0.2, 0.25) is 0 Å². The number of thiophene rings is 2. The topological polar surface area (TPSA) is 34.1 Å². The lowest BCUT2D eigenvalue weighted by Crippen LogP contribution is -2.08. The first-order valence-corrected chi connectivity index (χ1v) is 10.8. The summed E-state index contributed by atoms with van der Waals surface area (Å²) in [5.74, 6) is 0. The van der Waals surface area contributed by atoms with Crippen LogP contribution in [0.25, 0.3) is 9.75 Å². The number of hydrogen-bond acceptors (Lipinski definition) is 4. The van der Waals surface area contributed by atoms with Crippen LogP contribution in [0.2, 0.25) is 0 Å². The van der Waals surface area contributed by atoms with E-state index in [1.54, 1.807) is 0 Å². The summed E-state index contributed by atoms with van der Waals surface area (Å²) in [4.78, 5) is 27.2. The second-order valence-corrected chi connectivity index (χ2v) is 10.9. The van der Waals surface area contributed by atoms with Crippen LogP contribution in [0.4, 0.5) is 0 Å². The van der Waals surface area contributed by atoms with Gasteiger partial charge < -0.3 is 9.59 Å². The van der Waals surface area contributed by atoms with Crippen molar-refractivity contribution in [2.45, 2.75) is 78.1 Å². The van der Waals surface area contributed by atoms with Gasteiger partial charge in [0.05, 0.1) is 0 Å². The quantitative estimate of drug-likeness (QED) is 0.517. The number of hydrogen-bond donors (Lipinski definition) is 0. The molecule has 2 nitrogen and oxygen atoms in total. The van der Waals surface area contributed by atoms with Crippen LogP contribution < -0.4 is 0 Å². The van der Waals surface area contributed by atoms with Gasteiger partial charge in [-0.3, -0.25) is 0 Å². The van der Waals surface area contributed by atoms with Crippen LogP contribution in [0.1, 0.15) is 75.3 Å². The highest BCUT2D eigenvalue weighted by atomic mass is 32.1. The highest BCUT2D eigenvalue weighted by Gasteiger charge is 2.25. The molecule has 0 N–H and O–H groups in total. The Morgan fingerprint density at radius 1 is 0.731 bits per heavy atom. The lowest BCUT2D eigenvalue weighted by atomic mass is 9.93. The molecule has 0 fully saturated rings. The molecule has 4 heteroatoms. The van der Waals surface area contributed by atoms with Gasteiger partial charge in [0.1, 0.15) is 12.6 Å². The van der Waals surface area contributed by atoms with Gasteiger partial charge in [-0.25, -0.2) is 0 Å². The lowest BCUT2D eigenvalue weighted by molar-refractivity contribution is -0.108. The van der Waals surface area contributed by atoms with E-state index in [1.165, 1.54) is 30.6 Å². The van der Waals surface area contributed by atoms with Gasteiger partial charge in [0, 0.05) is 32.4 Å². The van der Waals surface area contributed by atoms with Crippen molar-refractivity contribution in [2.75, 3.05) is 0 Å². The smallest absolute Gasteiger partial charge is 0.120 e. The Hall–Kier alpha value is -1.26. The molecule has 26 heavy (non-hydrogen) atoms. The molecule has 0 radical (unpaired) electrons. The Labute approximate surface area is 165 Å². The first-order valence-electron chi connectivity index (χ1n) is 9.22. The second kappa shape index (κ2) is 8.18. The zero-order valence-electron chi connectivity index (χ0n) is 16.8.